The first-order valence-corrected chi connectivity index (χ1v) is 5.97. The van der Waals surface area contributed by atoms with Crippen molar-refractivity contribution in [3.63, 3.8) is 0 Å². The Bertz CT molecular complexity index is 653. The molecule has 0 radical (unpaired) electrons. The molecule has 0 aliphatic rings. The van der Waals surface area contributed by atoms with Crippen molar-refractivity contribution in [3.05, 3.63) is 46.3 Å². The molecule has 1 heterocycles. The summed E-state index contributed by atoms with van der Waals surface area (Å²) in [4.78, 5) is 22.3. The zero-order valence-corrected chi connectivity index (χ0v) is 10.6. The van der Waals surface area contributed by atoms with Gasteiger partial charge in [-0.15, -0.1) is 0 Å². The second-order valence-electron chi connectivity index (χ2n) is 3.70. The Morgan fingerprint density at radius 3 is 2.79 bits per heavy atom. The fraction of sp³-hybridized carbons (Fsp3) is 0.0909. The number of nitro groups is 1. The van der Waals surface area contributed by atoms with Crippen LogP contribution in [0, 0.1) is 10.1 Å². The molecule has 8 heteroatoms. The van der Waals surface area contributed by atoms with Crippen LogP contribution in [-0.2, 0) is 7.05 Å². The first kappa shape index (κ1) is 13.1. The van der Waals surface area contributed by atoms with Crippen LogP contribution in [-0.4, -0.2) is 25.8 Å². The summed E-state index contributed by atoms with van der Waals surface area (Å²) in [5, 5.41) is 23.8. The molecule has 0 saturated carbocycles. The molecule has 0 amide bonds. The van der Waals surface area contributed by atoms with Crippen molar-refractivity contribution in [2.75, 3.05) is 0 Å². The van der Waals surface area contributed by atoms with Gasteiger partial charge in [0, 0.05) is 19.3 Å². The molecule has 7 nitrogen and oxygen atoms in total. The first-order valence-electron chi connectivity index (χ1n) is 5.15. The number of benzene rings is 1. The van der Waals surface area contributed by atoms with Crippen molar-refractivity contribution >= 4 is 23.4 Å². The van der Waals surface area contributed by atoms with Crippen LogP contribution in [0.5, 0.6) is 0 Å². The molecule has 19 heavy (non-hydrogen) atoms. The lowest BCUT2D eigenvalue weighted by Crippen LogP contribution is -1.98. The Labute approximate surface area is 112 Å². The monoisotopic (exact) mass is 279 g/mol. The van der Waals surface area contributed by atoms with Crippen LogP contribution in [0.1, 0.15) is 10.4 Å². The van der Waals surface area contributed by atoms with E-state index in [9.17, 15) is 14.9 Å². The van der Waals surface area contributed by atoms with Gasteiger partial charge in [0.25, 0.3) is 5.69 Å². The number of aromatic carboxylic acids is 1. The second kappa shape index (κ2) is 5.11. The SMILES string of the molecule is Cn1cc(Sc2cc(C(=O)O)ccc2[N+](=O)[O-])cn1. The molecule has 1 aromatic heterocycles. The zero-order valence-electron chi connectivity index (χ0n) is 9.81. The molecule has 1 aromatic carbocycles. The van der Waals surface area contributed by atoms with Crippen molar-refractivity contribution in [1.82, 2.24) is 9.78 Å². The summed E-state index contributed by atoms with van der Waals surface area (Å²) in [5.41, 5.74) is -0.115. The molecule has 0 bridgehead atoms. The van der Waals surface area contributed by atoms with E-state index in [1.807, 2.05) is 0 Å². The molecule has 0 fully saturated rings. The predicted molar refractivity (Wildman–Crippen MR) is 67.4 cm³/mol. The summed E-state index contributed by atoms with van der Waals surface area (Å²) in [5.74, 6) is -1.12. The third kappa shape index (κ3) is 2.91. The van der Waals surface area contributed by atoms with Crippen molar-refractivity contribution in [1.29, 1.82) is 0 Å². The normalized spacial score (nSPS) is 10.4. The Hall–Kier alpha value is -2.35. The topological polar surface area (TPSA) is 98.3 Å². The van der Waals surface area contributed by atoms with Gasteiger partial charge in [0.1, 0.15) is 0 Å². The van der Waals surface area contributed by atoms with Crippen molar-refractivity contribution in [3.8, 4) is 0 Å². The summed E-state index contributed by atoms with van der Waals surface area (Å²) in [6.45, 7) is 0. The molecule has 2 aromatic rings. The summed E-state index contributed by atoms with van der Waals surface area (Å²) in [6, 6.07) is 3.70. The maximum absolute atomic E-state index is 10.9. The van der Waals surface area contributed by atoms with E-state index in [2.05, 4.69) is 5.10 Å². The summed E-state index contributed by atoms with van der Waals surface area (Å²) in [7, 11) is 1.73. The third-order valence-corrected chi connectivity index (χ3v) is 3.31. The van der Waals surface area contributed by atoms with Crippen LogP contribution in [0.2, 0.25) is 0 Å². The number of carbonyl (C=O) groups is 1. The van der Waals surface area contributed by atoms with Gasteiger partial charge < -0.3 is 5.11 Å². The van der Waals surface area contributed by atoms with Crippen LogP contribution in [0.4, 0.5) is 5.69 Å². The van der Waals surface area contributed by atoms with Gasteiger partial charge in [-0.05, 0) is 12.1 Å². The quantitative estimate of drug-likeness (QED) is 0.680. The average molecular weight is 279 g/mol. The molecule has 0 unspecified atom stereocenters. The Kier molecular flexibility index (Phi) is 3.52. The molecule has 0 saturated heterocycles. The number of nitrogens with zero attached hydrogens (tertiary/aromatic N) is 3. The number of hydrogen-bond acceptors (Lipinski definition) is 5. The van der Waals surface area contributed by atoms with Gasteiger partial charge in [-0.1, -0.05) is 11.8 Å². The van der Waals surface area contributed by atoms with Crippen LogP contribution in [0.15, 0.2) is 40.4 Å². The van der Waals surface area contributed by atoms with Gasteiger partial charge in [0.05, 0.1) is 26.5 Å². The minimum Gasteiger partial charge on any atom is -0.478 e. The standard InChI is InChI=1S/C11H9N3O4S/c1-13-6-8(5-12-13)19-10-4-7(11(15)16)2-3-9(10)14(17)18/h2-6H,1H3,(H,15,16). The Morgan fingerprint density at radius 2 is 2.26 bits per heavy atom. The number of carboxylic acids is 1. The number of hydrogen-bond donors (Lipinski definition) is 1. The number of carboxylic acid groups (broad SMARTS) is 1. The lowest BCUT2D eigenvalue weighted by atomic mass is 10.2. The van der Waals surface area contributed by atoms with E-state index in [-0.39, 0.29) is 16.1 Å². The summed E-state index contributed by atoms with van der Waals surface area (Å²) in [6.07, 6.45) is 3.25. The van der Waals surface area contributed by atoms with E-state index in [0.29, 0.717) is 4.90 Å². The molecule has 0 spiro atoms. The fourth-order valence-electron chi connectivity index (χ4n) is 1.46. The third-order valence-electron chi connectivity index (χ3n) is 2.31. The highest BCUT2D eigenvalue weighted by Crippen LogP contribution is 2.35. The van der Waals surface area contributed by atoms with Gasteiger partial charge in [-0.3, -0.25) is 14.8 Å². The van der Waals surface area contributed by atoms with E-state index >= 15 is 0 Å². The molecule has 0 aliphatic carbocycles. The molecule has 0 atom stereocenters. The summed E-state index contributed by atoms with van der Waals surface area (Å²) >= 11 is 1.11. The van der Waals surface area contributed by atoms with E-state index in [4.69, 9.17) is 5.11 Å². The molecule has 98 valence electrons. The number of rotatable bonds is 4. The van der Waals surface area contributed by atoms with Gasteiger partial charge in [-0.2, -0.15) is 5.10 Å². The van der Waals surface area contributed by atoms with E-state index in [0.717, 1.165) is 11.8 Å². The maximum atomic E-state index is 10.9. The minimum absolute atomic E-state index is 0.0111. The highest BCUT2D eigenvalue weighted by molar-refractivity contribution is 7.99. The molecule has 0 aliphatic heterocycles. The van der Waals surface area contributed by atoms with E-state index in [1.165, 1.54) is 18.2 Å². The van der Waals surface area contributed by atoms with E-state index in [1.54, 1.807) is 24.1 Å². The number of nitro benzene ring substituents is 1. The van der Waals surface area contributed by atoms with Crippen LogP contribution in [0.3, 0.4) is 0 Å². The van der Waals surface area contributed by atoms with Gasteiger partial charge in [-0.25, -0.2) is 4.79 Å². The van der Waals surface area contributed by atoms with Crippen molar-refractivity contribution < 1.29 is 14.8 Å². The van der Waals surface area contributed by atoms with Crippen LogP contribution in [0.25, 0.3) is 0 Å². The number of aromatic nitrogens is 2. The van der Waals surface area contributed by atoms with Gasteiger partial charge >= 0.3 is 5.97 Å². The van der Waals surface area contributed by atoms with Gasteiger partial charge in [0.2, 0.25) is 0 Å². The molecule has 1 N–H and O–H groups in total. The average Bonchev–Trinajstić information content (AvgIpc) is 2.74. The highest BCUT2D eigenvalue weighted by Gasteiger charge is 2.18. The van der Waals surface area contributed by atoms with Crippen LogP contribution < -0.4 is 0 Å². The lowest BCUT2D eigenvalue weighted by molar-refractivity contribution is -0.387. The highest BCUT2D eigenvalue weighted by atomic mass is 32.2. The van der Waals surface area contributed by atoms with Crippen molar-refractivity contribution in [2.24, 2.45) is 7.05 Å². The number of aryl methyl sites for hydroxylation is 1. The van der Waals surface area contributed by atoms with Crippen molar-refractivity contribution in [2.45, 2.75) is 9.79 Å². The largest absolute Gasteiger partial charge is 0.478 e. The molecular formula is C11H9N3O4S. The Balaban J connectivity index is 2.42. The Morgan fingerprint density at radius 1 is 1.53 bits per heavy atom. The van der Waals surface area contributed by atoms with E-state index < -0.39 is 10.9 Å². The maximum Gasteiger partial charge on any atom is 0.335 e. The minimum atomic E-state index is -1.12. The molecule has 2 rings (SSSR count). The second-order valence-corrected chi connectivity index (χ2v) is 4.81. The smallest absolute Gasteiger partial charge is 0.335 e. The van der Waals surface area contributed by atoms with Gasteiger partial charge in [0.15, 0.2) is 0 Å². The fourth-order valence-corrected chi connectivity index (χ4v) is 2.45. The lowest BCUT2D eigenvalue weighted by Gasteiger charge is -2.02. The summed E-state index contributed by atoms with van der Waals surface area (Å²) < 4.78 is 1.56. The predicted octanol–water partition coefficient (Wildman–Crippen LogP) is 2.18. The first-order chi connectivity index (χ1) is 8.97. The van der Waals surface area contributed by atoms with Crippen LogP contribution >= 0.6 is 11.8 Å². The molecular weight excluding hydrogens is 270 g/mol. The zero-order chi connectivity index (χ0) is 14.0.